The summed E-state index contributed by atoms with van der Waals surface area (Å²) in [5.41, 5.74) is 0. The average molecular weight is 275 g/mol. The molecule has 1 heterocycles. The van der Waals surface area contributed by atoms with Crippen molar-refractivity contribution in [2.24, 2.45) is 5.92 Å². The number of halogens is 1. The molecule has 1 N–H and O–H groups in total. The van der Waals surface area contributed by atoms with Crippen molar-refractivity contribution in [1.82, 2.24) is 9.71 Å². The number of hydrogen-bond acceptors (Lipinski definition) is 3. The summed E-state index contributed by atoms with van der Waals surface area (Å²) in [4.78, 5) is 3.85. The molecule has 17 heavy (non-hydrogen) atoms. The zero-order valence-corrected chi connectivity index (χ0v) is 11.1. The number of pyridine rings is 1. The fourth-order valence-corrected chi connectivity index (χ4v) is 3.65. The maximum absolute atomic E-state index is 12.0. The van der Waals surface area contributed by atoms with Crippen molar-refractivity contribution >= 4 is 21.6 Å². The summed E-state index contributed by atoms with van der Waals surface area (Å²) in [5, 5.41) is 0.209. The minimum Gasteiger partial charge on any atom is -0.263 e. The number of hydrogen-bond donors (Lipinski definition) is 1. The second kappa shape index (κ2) is 4.92. The van der Waals surface area contributed by atoms with Crippen molar-refractivity contribution in [2.75, 3.05) is 0 Å². The highest BCUT2D eigenvalue weighted by Gasteiger charge is 2.39. The first kappa shape index (κ1) is 12.8. The Hall–Kier alpha value is -0.650. The molecule has 1 fully saturated rings. The zero-order valence-electron chi connectivity index (χ0n) is 9.56. The summed E-state index contributed by atoms with van der Waals surface area (Å²) in [7, 11) is -3.52. The number of rotatable bonds is 5. The minimum atomic E-state index is -3.52. The molecule has 0 amide bonds. The van der Waals surface area contributed by atoms with Gasteiger partial charge in [-0.15, -0.1) is 0 Å². The number of sulfonamides is 1. The average Bonchev–Trinajstić information content (AvgIpc) is 2.96. The van der Waals surface area contributed by atoms with E-state index in [1.165, 1.54) is 18.5 Å². The molecule has 0 aromatic carbocycles. The van der Waals surface area contributed by atoms with E-state index < -0.39 is 10.0 Å². The van der Waals surface area contributed by atoms with Crippen LogP contribution in [0.5, 0.6) is 0 Å². The molecule has 2 unspecified atom stereocenters. The van der Waals surface area contributed by atoms with Gasteiger partial charge in [0.2, 0.25) is 10.0 Å². The third-order valence-electron chi connectivity index (χ3n) is 2.91. The molecule has 0 spiro atoms. The first-order valence-corrected chi connectivity index (χ1v) is 7.52. The molecular formula is C11H15ClN2O2S. The highest BCUT2D eigenvalue weighted by molar-refractivity contribution is 7.89. The van der Waals surface area contributed by atoms with Gasteiger partial charge in [0.15, 0.2) is 0 Å². The third kappa shape index (κ3) is 2.97. The van der Waals surface area contributed by atoms with E-state index >= 15 is 0 Å². The van der Waals surface area contributed by atoms with E-state index in [2.05, 4.69) is 16.6 Å². The van der Waals surface area contributed by atoms with Gasteiger partial charge in [-0.2, -0.15) is 0 Å². The van der Waals surface area contributed by atoms with Crippen LogP contribution in [0.1, 0.15) is 26.2 Å². The number of nitrogens with one attached hydrogen (secondary N) is 1. The Balaban J connectivity index is 2.08. The molecule has 6 heteroatoms. The number of aromatic nitrogens is 1. The molecular weight excluding hydrogens is 260 g/mol. The predicted octanol–water partition coefficient (Wildman–Crippen LogP) is 2.20. The Morgan fingerprint density at radius 1 is 1.59 bits per heavy atom. The van der Waals surface area contributed by atoms with Crippen LogP contribution in [0.25, 0.3) is 0 Å². The molecule has 1 aromatic rings. The van der Waals surface area contributed by atoms with Crippen LogP contribution in [0, 0.1) is 5.92 Å². The standard InChI is InChI=1S/C11H15ClN2O2S/c1-2-3-8-6-10(8)14-17(15,16)11-7-13-5-4-9(11)12/h4-5,7-8,10,14H,2-3,6H2,1H3. The van der Waals surface area contributed by atoms with Crippen LogP contribution in [0.2, 0.25) is 5.02 Å². The van der Waals surface area contributed by atoms with E-state index in [1.54, 1.807) is 0 Å². The van der Waals surface area contributed by atoms with Gasteiger partial charge in [0.05, 0.1) is 5.02 Å². The molecule has 94 valence electrons. The predicted molar refractivity (Wildman–Crippen MR) is 66.4 cm³/mol. The van der Waals surface area contributed by atoms with Gasteiger partial charge in [0.1, 0.15) is 4.90 Å². The molecule has 1 saturated carbocycles. The van der Waals surface area contributed by atoms with Gasteiger partial charge in [-0.05, 0) is 24.8 Å². The summed E-state index contributed by atoms with van der Waals surface area (Å²) >= 11 is 5.85. The van der Waals surface area contributed by atoms with Crippen LogP contribution in [-0.2, 0) is 10.0 Å². The van der Waals surface area contributed by atoms with Gasteiger partial charge >= 0.3 is 0 Å². The normalized spacial score (nSPS) is 23.6. The Labute approximate surface area is 106 Å². The molecule has 1 aliphatic rings. The second-order valence-electron chi connectivity index (χ2n) is 4.32. The Bertz CT molecular complexity index is 504. The maximum Gasteiger partial charge on any atom is 0.243 e. The monoisotopic (exact) mass is 274 g/mol. The molecule has 2 atom stereocenters. The van der Waals surface area contributed by atoms with Crippen molar-refractivity contribution < 1.29 is 8.42 Å². The minimum absolute atomic E-state index is 0.0591. The first-order chi connectivity index (χ1) is 8.04. The van der Waals surface area contributed by atoms with Gasteiger partial charge in [-0.25, -0.2) is 13.1 Å². The van der Waals surface area contributed by atoms with E-state index in [0.29, 0.717) is 5.92 Å². The van der Waals surface area contributed by atoms with Crippen LogP contribution in [0.15, 0.2) is 23.4 Å². The lowest BCUT2D eigenvalue weighted by atomic mass is 10.2. The quantitative estimate of drug-likeness (QED) is 0.895. The Morgan fingerprint density at radius 2 is 2.35 bits per heavy atom. The van der Waals surface area contributed by atoms with Gasteiger partial charge in [-0.3, -0.25) is 4.98 Å². The molecule has 4 nitrogen and oxygen atoms in total. The molecule has 2 rings (SSSR count). The van der Waals surface area contributed by atoms with Crippen molar-refractivity contribution in [3.63, 3.8) is 0 Å². The van der Waals surface area contributed by atoms with Gasteiger partial charge in [0.25, 0.3) is 0 Å². The van der Waals surface area contributed by atoms with E-state index in [9.17, 15) is 8.42 Å². The van der Waals surface area contributed by atoms with Gasteiger partial charge in [-0.1, -0.05) is 24.9 Å². The molecule has 1 aliphatic carbocycles. The lowest BCUT2D eigenvalue weighted by Crippen LogP contribution is -2.27. The lowest BCUT2D eigenvalue weighted by molar-refractivity contribution is 0.572. The summed E-state index contributed by atoms with van der Waals surface area (Å²) < 4.78 is 26.7. The summed E-state index contributed by atoms with van der Waals surface area (Å²) in [6, 6.07) is 1.54. The maximum atomic E-state index is 12.0. The van der Waals surface area contributed by atoms with Crippen LogP contribution in [0.3, 0.4) is 0 Å². The van der Waals surface area contributed by atoms with Crippen LogP contribution < -0.4 is 4.72 Å². The molecule has 0 saturated heterocycles. The number of nitrogens with zero attached hydrogens (tertiary/aromatic N) is 1. The van der Waals surface area contributed by atoms with E-state index in [-0.39, 0.29) is 16.0 Å². The van der Waals surface area contributed by atoms with Crippen molar-refractivity contribution in [1.29, 1.82) is 0 Å². The van der Waals surface area contributed by atoms with E-state index in [0.717, 1.165) is 19.3 Å². The van der Waals surface area contributed by atoms with Crippen molar-refractivity contribution in [3.05, 3.63) is 23.5 Å². The molecule has 0 radical (unpaired) electrons. The summed E-state index contributed by atoms with van der Waals surface area (Å²) in [6.45, 7) is 2.10. The second-order valence-corrected chi connectivity index (χ2v) is 6.41. The third-order valence-corrected chi connectivity index (χ3v) is 4.87. The SMILES string of the molecule is CCCC1CC1NS(=O)(=O)c1cnccc1Cl. The fourth-order valence-electron chi connectivity index (χ4n) is 1.91. The van der Waals surface area contributed by atoms with Gasteiger partial charge in [0, 0.05) is 18.4 Å². The summed E-state index contributed by atoms with van der Waals surface area (Å²) in [6.07, 6.45) is 5.82. The topological polar surface area (TPSA) is 59.1 Å². The van der Waals surface area contributed by atoms with Crippen LogP contribution >= 0.6 is 11.6 Å². The zero-order chi connectivity index (χ0) is 12.5. The van der Waals surface area contributed by atoms with E-state index in [1.807, 2.05) is 0 Å². The molecule has 1 aromatic heterocycles. The summed E-state index contributed by atoms with van der Waals surface area (Å²) in [5.74, 6) is 0.477. The highest BCUT2D eigenvalue weighted by Crippen LogP contribution is 2.36. The molecule has 0 bridgehead atoms. The fraction of sp³-hybridized carbons (Fsp3) is 0.545. The Morgan fingerprint density at radius 3 is 3.00 bits per heavy atom. The van der Waals surface area contributed by atoms with Crippen LogP contribution in [-0.4, -0.2) is 19.4 Å². The van der Waals surface area contributed by atoms with Crippen molar-refractivity contribution in [3.8, 4) is 0 Å². The first-order valence-electron chi connectivity index (χ1n) is 5.66. The smallest absolute Gasteiger partial charge is 0.243 e. The molecule has 0 aliphatic heterocycles. The van der Waals surface area contributed by atoms with Gasteiger partial charge < -0.3 is 0 Å². The van der Waals surface area contributed by atoms with E-state index in [4.69, 9.17) is 11.6 Å². The van der Waals surface area contributed by atoms with Crippen LogP contribution in [0.4, 0.5) is 0 Å². The van der Waals surface area contributed by atoms with Crippen molar-refractivity contribution in [2.45, 2.75) is 37.1 Å². The Kier molecular flexibility index (Phi) is 3.70. The largest absolute Gasteiger partial charge is 0.263 e. The lowest BCUT2D eigenvalue weighted by Gasteiger charge is -2.07. The highest BCUT2D eigenvalue weighted by atomic mass is 35.5.